The zero-order valence-electron chi connectivity index (χ0n) is 16.6. The third kappa shape index (κ3) is 6.01. The van der Waals surface area contributed by atoms with E-state index in [1.54, 1.807) is 16.2 Å². The standard InChI is InChI=1S/C22H24N2O2S3/c1-15-9-10-18(16(2)13-15)23-20(25)8-4-3-5-11-24-21(26)19(29-22(24)27)14-17-7-6-12-28-17/h6-7,9-10,12-14H,3-5,8,11H2,1-2H3,(H,23,25). The molecule has 0 aliphatic carbocycles. The van der Waals surface area contributed by atoms with Crippen molar-refractivity contribution in [2.75, 3.05) is 11.9 Å². The number of amides is 2. The first-order valence-corrected chi connectivity index (χ1v) is 11.7. The third-order valence-corrected chi connectivity index (χ3v) is 6.83. The summed E-state index contributed by atoms with van der Waals surface area (Å²) in [5.74, 6) is 0.0161. The molecule has 1 aromatic heterocycles. The van der Waals surface area contributed by atoms with Crippen LogP contribution in [0.5, 0.6) is 0 Å². The van der Waals surface area contributed by atoms with Gasteiger partial charge in [0.25, 0.3) is 5.91 Å². The summed E-state index contributed by atoms with van der Waals surface area (Å²) in [4.78, 5) is 28.1. The monoisotopic (exact) mass is 444 g/mol. The number of rotatable bonds is 8. The predicted octanol–water partition coefficient (Wildman–Crippen LogP) is 5.77. The number of hydrogen-bond acceptors (Lipinski definition) is 5. The molecule has 2 heterocycles. The van der Waals surface area contributed by atoms with E-state index in [2.05, 4.69) is 11.4 Å². The molecule has 0 radical (unpaired) electrons. The van der Waals surface area contributed by atoms with Gasteiger partial charge in [0.05, 0.1) is 4.91 Å². The summed E-state index contributed by atoms with van der Waals surface area (Å²) in [6.07, 6.45) is 4.87. The van der Waals surface area contributed by atoms with E-state index in [-0.39, 0.29) is 11.8 Å². The normalized spacial score (nSPS) is 15.4. The van der Waals surface area contributed by atoms with E-state index in [1.807, 2.05) is 49.6 Å². The van der Waals surface area contributed by atoms with Gasteiger partial charge < -0.3 is 5.32 Å². The minimum absolute atomic E-state index is 0.0130. The summed E-state index contributed by atoms with van der Waals surface area (Å²) >= 11 is 8.34. The molecule has 0 bridgehead atoms. The second-order valence-corrected chi connectivity index (χ2v) is 9.68. The van der Waals surface area contributed by atoms with Crippen molar-refractivity contribution < 1.29 is 9.59 Å². The molecule has 1 saturated heterocycles. The maximum atomic E-state index is 12.6. The number of anilines is 1. The summed E-state index contributed by atoms with van der Waals surface area (Å²) < 4.78 is 0.616. The first-order chi connectivity index (χ1) is 13.9. The number of unbranched alkanes of at least 4 members (excludes halogenated alkanes) is 2. The molecule has 1 fully saturated rings. The van der Waals surface area contributed by atoms with Crippen LogP contribution in [0, 0.1) is 13.8 Å². The highest BCUT2D eigenvalue weighted by molar-refractivity contribution is 8.26. The van der Waals surface area contributed by atoms with E-state index in [1.165, 1.54) is 17.3 Å². The molecule has 2 aromatic rings. The van der Waals surface area contributed by atoms with Crippen molar-refractivity contribution in [3.63, 3.8) is 0 Å². The third-order valence-electron chi connectivity index (χ3n) is 4.63. The summed E-state index contributed by atoms with van der Waals surface area (Å²) in [5.41, 5.74) is 3.13. The van der Waals surface area contributed by atoms with Gasteiger partial charge in [-0.1, -0.05) is 54.2 Å². The minimum Gasteiger partial charge on any atom is -0.326 e. The number of thiocarbonyl (C=S) groups is 1. The zero-order valence-corrected chi connectivity index (χ0v) is 19.0. The molecule has 7 heteroatoms. The zero-order chi connectivity index (χ0) is 20.8. The van der Waals surface area contributed by atoms with Gasteiger partial charge in [-0.2, -0.15) is 0 Å². The Balaban J connectivity index is 1.39. The number of hydrogen-bond donors (Lipinski definition) is 1. The van der Waals surface area contributed by atoms with Gasteiger partial charge in [0.2, 0.25) is 5.91 Å². The summed E-state index contributed by atoms with van der Waals surface area (Å²) in [6, 6.07) is 9.96. The van der Waals surface area contributed by atoms with Gasteiger partial charge in [0, 0.05) is 23.5 Å². The van der Waals surface area contributed by atoms with Crippen molar-refractivity contribution >= 4 is 63.2 Å². The molecule has 2 amide bonds. The Bertz CT molecular complexity index is 936. The van der Waals surface area contributed by atoms with Crippen LogP contribution in [-0.2, 0) is 9.59 Å². The number of aryl methyl sites for hydroxylation is 2. The molecule has 152 valence electrons. The molecular weight excluding hydrogens is 420 g/mol. The van der Waals surface area contributed by atoms with Crippen LogP contribution >= 0.6 is 35.3 Å². The van der Waals surface area contributed by atoms with Crippen molar-refractivity contribution in [3.05, 3.63) is 56.6 Å². The van der Waals surface area contributed by atoms with Crippen LogP contribution in [0.15, 0.2) is 40.6 Å². The highest BCUT2D eigenvalue weighted by Crippen LogP contribution is 2.33. The molecule has 29 heavy (non-hydrogen) atoms. The van der Waals surface area contributed by atoms with Gasteiger partial charge >= 0.3 is 0 Å². The first kappa shape index (κ1) is 21.7. The van der Waals surface area contributed by atoms with E-state index < -0.39 is 0 Å². The van der Waals surface area contributed by atoms with Crippen molar-refractivity contribution in [1.82, 2.24) is 4.90 Å². The number of nitrogens with zero attached hydrogens (tertiary/aromatic N) is 1. The van der Waals surface area contributed by atoms with Crippen molar-refractivity contribution in [1.29, 1.82) is 0 Å². The molecule has 3 rings (SSSR count). The van der Waals surface area contributed by atoms with Gasteiger partial charge in [-0.3, -0.25) is 14.5 Å². The minimum atomic E-state index is -0.0130. The Morgan fingerprint density at radius 1 is 1.21 bits per heavy atom. The summed E-state index contributed by atoms with van der Waals surface area (Å²) in [5, 5.41) is 4.97. The van der Waals surface area contributed by atoms with Gasteiger partial charge in [-0.05, 0) is 55.8 Å². The van der Waals surface area contributed by atoms with Crippen LogP contribution in [0.1, 0.15) is 41.7 Å². The van der Waals surface area contributed by atoms with E-state index in [9.17, 15) is 9.59 Å². The molecule has 0 saturated carbocycles. The van der Waals surface area contributed by atoms with Crippen LogP contribution in [0.3, 0.4) is 0 Å². The van der Waals surface area contributed by atoms with Gasteiger partial charge in [-0.15, -0.1) is 11.3 Å². The average molecular weight is 445 g/mol. The maximum Gasteiger partial charge on any atom is 0.266 e. The molecule has 1 aromatic carbocycles. The van der Waals surface area contributed by atoms with Crippen LogP contribution in [0.4, 0.5) is 5.69 Å². The molecule has 1 aliphatic heterocycles. The molecule has 1 N–H and O–H groups in total. The van der Waals surface area contributed by atoms with Gasteiger partial charge in [-0.25, -0.2) is 0 Å². The fraction of sp³-hybridized carbons (Fsp3) is 0.318. The van der Waals surface area contributed by atoms with Gasteiger partial charge in [0.15, 0.2) is 0 Å². The van der Waals surface area contributed by atoms with Crippen molar-refractivity contribution in [2.45, 2.75) is 39.5 Å². The van der Waals surface area contributed by atoms with Crippen LogP contribution in [0.2, 0.25) is 0 Å². The lowest BCUT2D eigenvalue weighted by molar-refractivity contribution is -0.122. The predicted molar refractivity (Wildman–Crippen MR) is 127 cm³/mol. The van der Waals surface area contributed by atoms with E-state index in [4.69, 9.17) is 12.2 Å². The molecule has 0 spiro atoms. The molecule has 1 aliphatic rings. The SMILES string of the molecule is Cc1ccc(NC(=O)CCCCCN2C(=O)C(=Cc3cccs3)SC2=S)c(C)c1. The number of carbonyl (C=O) groups is 2. The number of carbonyl (C=O) groups excluding carboxylic acids is 2. The van der Waals surface area contributed by atoms with E-state index in [0.717, 1.165) is 35.4 Å². The Labute approximate surface area is 185 Å². The summed E-state index contributed by atoms with van der Waals surface area (Å²) in [6.45, 7) is 4.64. The first-order valence-electron chi connectivity index (χ1n) is 9.60. The fourth-order valence-corrected chi connectivity index (χ4v) is 5.13. The molecular formula is C22H24N2O2S3. The lowest BCUT2D eigenvalue weighted by Crippen LogP contribution is -2.29. The summed E-state index contributed by atoms with van der Waals surface area (Å²) in [7, 11) is 0. The molecule has 0 atom stereocenters. The average Bonchev–Trinajstić information content (AvgIpc) is 3.27. The second kappa shape index (κ2) is 10.2. The quantitative estimate of drug-likeness (QED) is 0.319. The Kier molecular flexibility index (Phi) is 7.64. The lowest BCUT2D eigenvalue weighted by Gasteiger charge is -2.14. The van der Waals surface area contributed by atoms with Crippen LogP contribution < -0.4 is 5.32 Å². The lowest BCUT2D eigenvalue weighted by atomic mass is 10.1. The topological polar surface area (TPSA) is 49.4 Å². The number of benzene rings is 1. The van der Waals surface area contributed by atoms with Crippen LogP contribution in [-0.4, -0.2) is 27.6 Å². The highest BCUT2D eigenvalue weighted by atomic mass is 32.2. The second-order valence-electron chi connectivity index (χ2n) is 7.03. The maximum absolute atomic E-state index is 12.6. The fourth-order valence-electron chi connectivity index (χ4n) is 3.09. The highest BCUT2D eigenvalue weighted by Gasteiger charge is 2.31. The Hall–Kier alpha value is -1.96. The number of thiophene rings is 1. The number of thioether (sulfide) groups is 1. The van der Waals surface area contributed by atoms with Crippen molar-refractivity contribution in [2.24, 2.45) is 0 Å². The van der Waals surface area contributed by atoms with E-state index in [0.29, 0.717) is 22.2 Å². The largest absolute Gasteiger partial charge is 0.326 e. The Morgan fingerprint density at radius 2 is 2.03 bits per heavy atom. The smallest absolute Gasteiger partial charge is 0.266 e. The number of nitrogens with one attached hydrogen (secondary N) is 1. The van der Waals surface area contributed by atoms with Crippen molar-refractivity contribution in [3.8, 4) is 0 Å². The van der Waals surface area contributed by atoms with E-state index >= 15 is 0 Å². The van der Waals surface area contributed by atoms with Gasteiger partial charge in [0.1, 0.15) is 4.32 Å². The molecule has 4 nitrogen and oxygen atoms in total. The molecule has 0 unspecified atom stereocenters. The Morgan fingerprint density at radius 3 is 2.76 bits per heavy atom. The van der Waals surface area contributed by atoms with Crippen LogP contribution in [0.25, 0.3) is 6.08 Å².